The SMILES string of the molecule is NC(=NO)C(C(=O)N1CCCCCCC1)c1ccccc1. The maximum absolute atomic E-state index is 12.8. The van der Waals surface area contributed by atoms with Crippen LogP contribution in [0.4, 0.5) is 0 Å². The van der Waals surface area contributed by atoms with E-state index in [2.05, 4.69) is 5.16 Å². The van der Waals surface area contributed by atoms with E-state index in [1.54, 1.807) is 0 Å². The molecular formula is C16H23N3O2. The third-order valence-corrected chi connectivity index (χ3v) is 3.96. The van der Waals surface area contributed by atoms with Gasteiger partial charge >= 0.3 is 0 Å². The molecule has 0 radical (unpaired) electrons. The Balaban J connectivity index is 2.21. The fraction of sp³-hybridized carbons (Fsp3) is 0.500. The number of carbonyl (C=O) groups excluding carboxylic acids is 1. The highest BCUT2D eigenvalue weighted by Crippen LogP contribution is 2.21. The van der Waals surface area contributed by atoms with Gasteiger partial charge in [-0.25, -0.2) is 0 Å². The van der Waals surface area contributed by atoms with E-state index in [1.165, 1.54) is 6.42 Å². The van der Waals surface area contributed by atoms with E-state index in [-0.39, 0.29) is 11.7 Å². The molecule has 1 aliphatic heterocycles. The first-order chi connectivity index (χ1) is 10.2. The summed E-state index contributed by atoms with van der Waals surface area (Å²) >= 11 is 0. The summed E-state index contributed by atoms with van der Waals surface area (Å²) < 4.78 is 0. The Morgan fingerprint density at radius 3 is 2.24 bits per heavy atom. The van der Waals surface area contributed by atoms with Gasteiger partial charge in [0.2, 0.25) is 5.91 Å². The minimum absolute atomic E-state index is 0.0479. The Hall–Kier alpha value is -2.04. The molecule has 1 aromatic carbocycles. The van der Waals surface area contributed by atoms with Crippen LogP contribution < -0.4 is 5.73 Å². The molecule has 1 aliphatic rings. The number of oxime groups is 1. The van der Waals surface area contributed by atoms with Crippen LogP contribution in [0.1, 0.15) is 43.6 Å². The summed E-state index contributed by atoms with van der Waals surface area (Å²) in [5, 5.41) is 12.1. The van der Waals surface area contributed by atoms with E-state index in [4.69, 9.17) is 10.9 Å². The second kappa shape index (κ2) is 7.67. The van der Waals surface area contributed by atoms with Crippen LogP contribution in [0.2, 0.25) is 0 Å². The second-order valence-electron chi connectivity index (χ2n) is 5.46. The second-order valence-corrected chi connectivity index (χ2v) is 5.46. The van der Waals surface area contributed by atoms with Crippen molar-refractivity contribution in [3.8, 4) is 0 Å². The molecule has 1 aromatic rings. The van der Waals surface area contributed by atoms with Crippen LogP contribution in [0.25, 0.3) is 0 Å². The first-order valence-electron chi connectivity index (χ1n) is 7.55. The van der Waals surface area contributed by atoms with E-state index in [9.17, 15) is 4.79 Å². The maximum atomic E-state index is 12.8. The van der Waals surface area contributed by atoms with Gasteiger partial charge in [0.05, 0.1) is 0 Å². The lowest BCUT2D eigenvalue weighted by atomic mass is 9.95. The van der Waals surface area contributed by atoms with Crippen molar-refractivity contribution in [2.24, 2.45) is 10.9 Å². The number of likely N-dealkylation sites (tertiary alicyclic amines) is 1. The van der Waals surface area contributed by atoms with Crippen LogP contribution in [0, 0.1) is 0 Å². The van der Waals surface area contributed by atoms with Gasteiger partial charge in [0.1, 0.15) is 5.92 Å². The largest absolute Gasteiger partial charge is 0.409 e. The summed E-state index contributed by atoms with van der Waals surface area (Å²) in [5.41, 5.74) is 6.54. The minimum atomic E-state index is -0.698. The number of hydrogen-bond donors (Lipinski definition) is 2. The van der Waals surface area contributed by atoms with Crippen molar-refractivity contribution in [2.75, 3.05) is 13.1 Å². The first-order valence-corrected chi connectivity index (χ1v) is 7.55. The Morgan fingerprint density at radius 2 is 1.67 bits per heavy atom. The number of benzene rings is 1. The molecule has 1 fully saturated rings. The fourth-order valence-corrected chi connectivity index (χ4v) is 2.79. The van der Waals surface area contributed by atoms with Gasteiger partial charge in [-0.05, 0) is 18.4 Å². The molecule has 1 heterocycles. The summed E-state index contributed by atoms with van der Waals surface area (Å²) in [6, 6.07) is 9.27. The molecule has 0 aromatic heterocycles. The van der Waals surface area contributed by atoms with Crippen LogP contribution in [-0.4, -0.2) is 34.9 Å². The highest BCUT2D eigenvalue weighted by Gasteiger charge is 2.29. The highest BCUT2D eigenvalue weighted by molar-refractivity contribution is 6.07. The Bertz CT molecular complexity index is 480. The van der Waals surface area contributed by atoms with Gasteiger partial charge in [0, 0.05) is 13.1 Å². The molecule has 0 bridgehead atoms. The summed E-state index contributed by atoms with van der Waals surface area (Å²) in [7, 11) is 0. The molecule has 0 aliphatic carbocycles. The molecule has 0 saturated carbocycles. The number of hydrogen-bond acceptors (Lipinski definition) is 3. The summed E-state index contributed by atoms with van der Waals surface area (Å²) in [5.74, 6) is -0.817. The van der Waals surface area contributed by atoms with E-state index in [0.29, 0.717) is 0 Å². The van der Waals surface area contributed by atoms with Crippen molar-refractivity contribution in [3.63, 3.8) is 0 Å². The lowest BCUT2D eigenvalue weighted by Gasteiger charge is -2.28. The van der Waals surface area contributed by atoms with Crippen LogP contribution in [-0.2, 0) is 4.79 Å². The van der Waals surface area contributed by atoms with Gasteiger partial charge in [0.15, 0.2) is 5.84 Å². The normalized spacial score (nSPS) is 18.7. The van der Waals surface area contributed by atoms with Gasteiger partial charge in [-0.2, -0.15) is 0 Å². The smallest absolute Gasteiger partial charge is 0.237 e. The van der Waals surface area contributed by atoms with E-state index in [1.807, 2.05) is 35.2 Å². The fourth-order valence-electron chi connectivity index (χ4n) is 2.79. The van der Waals surface area contributed by atoms with Crippen molar-refractivity contribution in [3.05, 3.63) is 35.9 Å². The Labute approximate surface area is 125 Å². The molecule has 5 heteroatoms. The molecule has 21 heavy (non-hydrogen) atoms. The average molecular weight is 289 g/mol. The van der Waals surface area contributed by atoms with Crippen molar-refractivity contribution >= 4 is 11.7 Å². The zero-order valence-corrected chi connectivity index (χ0v) is 12.2. The Kier molecular flexibility index (Phi) is 5.60. The monoisotopic (exact) mass is 289 g/mol. The molecule has 1 saturated heterocycles. The van der Waals surface area contributed by atoms with E-state index in [0.717, 1.165) is 44.3 Å². The van der Waals surface area contributed by atoms with Gasteiger partial charge in [-0.15, -0.1) is 0 Å². The highest BCUT2D eigenvalue weighted by atomic mass is 16.4. The zero-order chi connectivity index (χ0) is 15.1. The number of nitrogens with two attached hydrogens (primary N) is 1. The molecular weight excluding hydrogens is 266 g/mol. The molecule has 114 valence electrons. The van der Waals surface area contributed by atoms with Crippen LogP contribution in [0.5, 0.6) is 0 Å². The third-order valence-electron chi connectivity index (χ3n) is 3.96. The van der Waals surface area contributed by atoms with Crippen molar-refractivity contribution in [2.45, 2.75) is 38.0 Å². The van der Waals surface area contributed by atoms with Crippen molar-refractivity contribution in [1.29, 1.82) is 0 Å². The lowest BCUT2D eigenvalue weighted by molar-refractivity contribution is -0.131. The van der Waals surface area contributed by atoms with Gasteiger partial charge in [0.25, 0.3) is 0 Å². The number of rotatable bonds is 3. The average Bonchev–Trinajstić information content (AvgIpc) is 2.48. The third kappa shape index (κ3) is 3.97. The minimum Gasteiger partial charge on any atom is -0.409 e. The number of carbonyl (C=O) groups is 1. The predicted octanol–water partition coefficient (Wildman–Crippen LogP) is 2.31. The lowest BCUT2D eigenvalue weighted by Crippen LogP contribution is -2.42. The van der Waals surface area contributed by atoms with Gasteiger partial charge < -0.3 is 15.8 Å². The van der Waals surface area contributed by atoms with Crippen LogP contribution in [0.3, 0.4) is 0 Å². The summed E-state index contributed by atoms with van der Waals surface area (Å²) in [4.78, 5) is 14.7. The van der Waals surface area contributed by atoms with Crippen molar-refractivity contribution in [1.82, 2.24) is 4.90 Å². The molecule has 1 atom stereocenters. The predicted molar refractivity (Wildman–Crippen MR) is 82.3 cm³/mol. The van der Waals surface area contributed by atoms with E-state index >= 15 is 0 Å². The van der Waals surface area contributed by atoms with Crippen LogP contribution in [0.15, 0.2) is 35.5 Å². The summed E-state index contributed by atoms with van der Waals surface area (Å²) in [6.07, 6.45) is 5.59. The first kappa shape index (κ1) is 15.4. The number of amides is 1. The number of amidine groups is 1. The maximum Gasteiger partial charge on any atom is 0.237 e. The Morgan fingerprint density at radius 1 is 1.10 bits per heavy atom. The van der Waals surface area contributed by atoms with Crippen LogP contribution >= 0.6 is 0 Å². The summed E-state index contributed by atoms with van der Waals surface area (Å²) in [6.45, 7) is 1.50. The molecule has 5 nitrogen and oxygen atoms in total. The topological polar surface area (TPSA) is 78.9 Å². The van der Waals surface area contributed by atoms with Crippen molar-refractivity contribution < 1.29 is 10.0 Å². The number of nitrogens with zero attached hydrogens (tertiary/aromatic N) is 2. The molecule has 2 rings (SSSR count). The molecule has 1 amide bonds. The molecule has 0 spiro atoms. The van der Waals surface area contributed by atoms with Gasteiger partial charge in [-0.1, -0.05) is 54.8 Å². The quantitative estimate of drug-likeness (QED) is 0.388. The standard InChI is InChI=1S/C16H23N3O2/c17-15(18-21)14(13-9-5-4-6-10-13)16(20)19-11-7-2-1-3-8-12-19/h4-6,9-10,14,21H,1-3,7-8,11-12H2,(H2,17,18). The molecule has 1 unspecified atom stereocenters. The van der Waals surface area contributed by atoms with E-state index < -0.39 is 5.92 Å². The zero-order valence-electron chi connectivity index (χ0n) is 12.2. The molecule has 3 N–H and O–H groups in total. The van der Waals surface area contributed by atoms with Gasteiger partial charge in [-0.3, -0.25) is 4.79 Å².